The van der Waals surface area contributed by atoms with Crippen molar-refractivity contribution in [3.63, 3.8) is 0 Å². The molecule has 1 rings (SSSR count). The Morgan fingerprint density at radius 3 is 2.17 bits per heavy atom. The summed E-state index contributed by atoms with van der Waals surface area (Å²) >= 11 is 0. The third-order valence-electron chi connectivity index (χ3n) is 3.47. The molecule has 1 saturated heterocycles. The van der Waals surface area contributed by atoms with E-state index in [2.05, 4.69) is 0 Å². The Kier molecular flexibility index (Phi) is 7.89. The fourth-order valence-electron chi connectivity index (χ4n) is 1.96. The molecule has 0 aliphatic carbocycles. The van der Waals surface area contributed by atoms with Crippen LogP contribution in [0.25, 0.3) is 0 Å². The maximum Gasteiger partial charge on any atom is 0.189 e. The standard InChI is InChI=1S/C12H22O11/c13-1-4(15)7(17)8(18)5(16)3-22-12-11(21)10(20)9(19)6(2-14)23-12/h4,6-15,17-21H,1-3H2/t4-,6-,7+,8-,9-,10+,11-,12?/m1/s1. The van der Waals surface area contributed by atoms with Gasteiger partial charge in [-0.25, -0.2) is 0 Å². The zero-order valence-electron chi connectivity index (χ0n) is 12.0. The van der Waals surface area contributed by atoms with Crippen LogP contribution < -0.4 is 0 Å². The fraction of sp³-hybridized carbons (Fsp3) is 0.917. The Morgan fingerprint density at radius 1 is 1.04 bits per heavy atom. The molecular weight excluding hydrogens is 320 g/mol. The van der Waals surface area contributed by atoms with Gasteiger partial charge in [-0.05, 0) is 0 Å². The van der Waals surface area contributed by atoms with Crippen molar-refractivity contribution in [1.82, 2.24) is 0 Å². The Labute approximate surface area is 130 Å². The minimum absolute atomic E-state index is 0.678. The lowest BCUT2D eigenvalue weighted by Crippen LogP contribution is -2.59. The number of ketones is 1. The highest BCUT2D eigenvalue weighted by Crippen LogP contribution is 2.22. The zero-order chi connectivity index (χ0) is 17.7. The number of carbonyl (C=O) groups excluding carboxylic acids is 1. The van der Waals surface area contributed by atoms with E-state index in [1.165, 1.54) is 0 Å². The molecule has 1 aliphatic heterocycles. The van der Waals surface area contributed by atoms with Gasteiger partial charge in [0.05, 0.1) is 13.2 Å². The molecule has 11 nitrogen and oxygen atoms in total. The predicted octanol–water partition coefficient (Wildman–Crippen LogP) is -5.55. The number of carbonyl (C=O) groups is 1. The topological polar surface area (TPSA) is 197 Å². The first-order chi connectivity index (χ1) is 10.7. The number of aliphatic hydroxyl groups excluding tert-OH is 8. The van der Waals surface area contributed by atoms with Gasteiger partial charge in [0.15, 0.2) is 12.1 Å². The first-order valence-electron chi connectivity index (χ1n) is 6.84. The second kappa shape index (κ2) is 8.94. The van der Waals surface area contributed by atoms with Crippen LogP contribution in [-0.4, -0.2) is 115 Å². The van der Waals surface area contributed by atoms with Crippen molar-refractivity contribution in [1.29, 1.82) is 0 Å². The molecule has 0 amide bonds. The first kappa shape index (κ1) is 20.3. The first-order valence-corrected chi connectivity index (χ1v) is 6.84. The van der Waals surface area contributed by atoms with Crippen LogP contribution in [0.15, 0.2) is 0 Å². The highest BCUT2D eigenvalue weighted by atomic mass is 16.7. The summed E-state index contributed by atoms with van der Waals surface area (Å²) < 4.78 is 9.85. The van der Waals surface area contributed by atoms with Crippen LogP contribution in [0.5, 0.6) is 0 Å². The van der Waals surface area contributed by atoms with E-state index in [0.717, 1.165) is 0 Å². The summed E-state index contributed by atoms with van der Waals surface area (Å²) in [6.07, 6.45) is -13.5. The number of hydrogen-bond acceptors (Lipinski definition) is 11. The Hall–Kier alpha value is -0.730. The summed E-state index contributed by atoms with van der Waals surface area (Å²) in [5.74, 6) is -1.08. The second-order valence-corrected chi connectivity index (χ2v) is 5.16. The third kappa shape index (κ3) is 4.87. The molecule has 0 spiro atoms. The van der Waals surface area contributed by atoms with Gasteiger partial charge in [0.2, 0.25) is 0 Å². The third-order valence-corrected chi connectivity index (χ3v) is 3.47. The average molecular weight is 342 g/mol. The molecule has 1 heterocycles. The average Bonchev–Trinajstić information content (AvgIpc) is 2.56. The molecule has 0 bridgehead atoms. The zero-order valence-corrected chi connectivity index (χ0v) is 12.0. The van der Waals surface area contributed by atoms with Crippen LogP contribution in [0.3, 0.4) is 0 Å². The molecule has 1 fully saturated rings. The summed E-state index contributed by atoms with van der Waals surface area (Å²) in [6.45, 7) is -2.42. The summed E-state index contributed by atoms with van der Waals surface area (Å²) in [5.41, 5.74) is 0. The molecule has 0 aromatic carbocycles. The van der Waals surface area contributed by atoms with E-state index in [-0.39, 0.29) is 0 Å². The van der Waals surface area contributed by atoms with Crippen molar-refractivity contribution in [3.8, 4) is 0 Å². The predicted molar refractivity (Wildman–Crippen MR) is 69.8 cm³/mol. The molecule has 0 aromatic heterocycles. The quantitative estimate of drug-likeness (QED) is 0.209. The number of ether oxygens (including phenoxy) is 2. The van der Waals surface area contributed by atoms with Crippen molar-refractivity contribution in [2.24, 2.45) is 0 Å². The van der Waals surface area contributed by atoms with E-state index < -0.39 is 74.6 Å². The van der Waals surface area contributed by atoms with Gasteiger partial charge in [-0.15, -0.1) is 0 Å². The normalized spacial score (nSPS) is 35.6. The van der Waals surface area contributed by atoms with E-state index in [1.54, 1.807) is 0 Å². The van der Waals surface area contributed by atoms with Crippen molar-refractivity contribution in [2.75, 3.05) is 19.8 Å². The highest BCUT2D eigenvalue weighted by Gasteiger charge is 2.44. The largest absolute Gasteiger partial charge is 0.394 e. The van der Waals surface area contributed by atoms with Gasteiger partial charge >= 0.3 is 0 Å². The molecule has 0 radical (unpaired) electrons. The maximum absolute atomic E-state index is 11.6. The minimum atomic E-state index is -2.05. The Morgan fingerprint density at radius 2 is 1.65 bits per heavy atom. The lowest BCUT2D eigenvalue weighted by molar-refractivity contribution is -0.299. The van der Waals surface area contributed by atoms with Crippen LogP contribution in [0.2, 0.25) is 0 Å². The second-order valence-electron chi connectivity index (χ2n) is 5.16. The van der Waals surface area contributed by atoms with Gasteiger partial charge in [0, 0.05) is 0 Å². The number of rotatable bonds is 8. The van der Waals surface area contributed by atoms with Crippen molar-refractivity contribution in [2.45, 2.75) is 49.0 Å². The molecule has 8 atom stereocenters. The minimum Gasteiger partial charge on any atom is -0.394 e. The van der Waals surface area contributed by atoms with E-state index in [0.29, 0.717) is 0 Å². The lowest BCUT2D eigenvalue weighted by atomic mass is 9.99. The monoisotopic (exact) mass is 342 g/mol. The lowest BCUT2D eigenvalue weighted by Gasteiger charge is -2.39. The van der Waals surface area contributed by atoms with Gasteiger partial charge in [0.1, 0.15) is 49.3 Å². The van der Waals surface area contributed by atoms with Gasteiger partial charge in [-0.1, -0.05) is 0 Å². The SMILES string of the molecule is O=C(COC1O[C@H](CO)[C@@H](O)[C@H](O)[C@H]1O)[C@@H](O)[C@@H](O)[C@H](O)CO. The summed E-state index contributed by atoms with van der Waals surface area (Å²) in [4.78, 5) is 11.6. The van der Waals surface area contributed by atoms with E-state index in [9.17, 15) is 30.3 Å². The van der Waals surface area contributed by atoms with Crippen molar-refractivity contribution >= 4 is 5.78 Å². The van der Waals surface area contributed by atoms with E-state index in [1.807, 2.05) is 0 Å². The van der Waals surface area contributed by atoms with Crippen LogP contribution in [0.1, 0.15) is 0 Å². The molecule has 8 N–H and O–H groups in total. The summed E-state index contributed by atoms with van der Waals surface area (Å²) in [5, 5.41) is 74.4. The highest BCUT2D eigenvalue weighted by molar-refractivity contribution is 5.84. The summed E-state index contributed by atoms with van der Waals surface area (Å²) in [7, 11) is 0. The molecule has 23 heavy (non-hydrogen) atoms. The van der Waals surface area contributed by atoms with Gasteiger partial charge in [-0.2, -0.15) is 0 Å². The molecule has 136 valence electrons. The fourth-order valence-corrected chi connectivity index (χ4v) is 1.96. The smallest absolute Gasteiger partial charge is 0.189 e. The van der Waals surface area contributed by atoms with Crippen molar-refractivity contribution < 1.29 is 55.1 Å². The number of aliphatic hydroxyl groups is 8. The van der Waals surface area contributed by atoms with Crippen LogP contribution >= 0.6 is 0 Å². The van der Waals surface area contributed by atoms with Crippen LogP contribution in [0.4, 0.5) is 0 Å². The number of hydrogen-bond donors (Lipinski definition) is 8. The van der Waals surface area contributed by atoms with Gasteiger partial charge < -0.3 is 50.3 Å². The van der Waals surface area contributed by atoms with Crippen LogP contribution in [0, 0.1) is 0 Å². The molecule has 0 aromatic rings. The number of Topliss-reactive ketones (excluding diaryl/α,β-unsaturated/α-hetero) is 1. The van der Waals surface area contributed by atoms with E-state index in [4.69, 9.17) is 24.8 Å². The van der Waals surface area contributed by atoms with E-state index >= 15 is 0 Å². The molecule has 1 unspecified atom stereocenters. The molecule has 0 saturated carbocycles. The van der Waals surface area contributed by atoms with Gasteiger partial charge in [-0.3, -0.25) is 4.79 Å². The molecule has 1 aliphatic rings. The van der Waals surface area contributed by atoms with Crippen molar-refractivity contribution in [3.05, 3.63) is 0 Å². The van der Waals surface area contributed by atoms with Gasteiger partial charge in [0.25, 0.3) is 0 Å². The molecular formula is C12H22O11. The Balaban J connectivity index is 2.57. The maximum atomic E-state index is 11.6. The Bertz CT molecular complexity index is 376. The molecule has 11 heteroatoms. The van der Waals surface area contributed by atoms with Crippen LogP contribution in [-0.2, 0) is 14.3 Å². The summed E-state index contributed by atoms with van der Waals surface area (Å²) in [6, 6.07) is 0.